The number of benzene rings is 2. The van der Waals surface area contributed by atoms with E-state index in [0.717, 1.165) is 0 Å². The van der Waals surface area contributed by atoms with Crippen LogP contribution in [0, 0.1) is 17.0 Å². The first-order chi connectivity index (χ1) is 10.0. The molecule has 0 fully saturated rings. The number of hydrogen-bond acceptors (Lipinski definition) is 4. The van der Waals surface area contributed by atoms with E-state index in [1.807, 2.05) is 6.07 Å². The van der Waals surface area contributed by atoms with E-state index in [-0.39, 0.29) is 17.2 Å². The van der Waals surface area contributed by atoms with Crippen LogP contribution in [0.1, 0.15) is 22.8 Å². The summed E-state index contributed by atoms with van der Waals surface area (Å²) >= 11 is 0. The van der Waals surface area contributed by atoms with Crippen LogP contribution in [0.5, 0.6) is 5.75 Å². The number of aryl methyl sites for hydroxylation is 1. The molecule has 0 heterocycles. The Morgan fingerprint density at radius 3 is 2.43 bits per heavy atom. The highest BCUT2D eigenvalue weighted by Gasteiger charge is 2.23. The third-order valence-corrected chi connectivity index (χ3v) is 3.11. The van der Waals surface area contributed by atoms with Crippen molar-refractivity contribution in [3.63, 3.8) is 0 Å². The summed E-state index contributed by atoms with van der Waals surface area (Å²) in [7, 11) is 0. The number of ether oxygens (including phenoxy) is 1. The van der Waals surface area contributed by atoms with Crippen molar-refractivity contribution in [1.29, 1.82) is 0 Å². The first-order valence-corrected chi connectivity index (χ1v) is 6.50. The van der Waals surface area contributed by atoms with Crippen molar-refractivity contribution < 1.29 is 14.5 Å². The summed E-state index contributed by atoms with van der Waals surface area (Å²) < 4.78 is 5.56. The van der Waals surface area contributed by atoms with Gasteiger partial charge in [0.25, 0.3) is 0 Å². The van der Waals surface area contributed by atoms with Gasteiger partial charge in [0.2, 0.25) is 11.5 Å². The zero-order valence-corrected chi connectivity index (χ0v) is 11.8. The molecule has 0 saturated carbocycles. The van der Waals surface area contributed by atoms with Crippen LogP contribution in [-0.4, -0.2) is 16.8 Å². The van der Waals surface area contributed by atoms with Gasteiger partial charge in [-0.25, -0.2) is 0 Å². The average molecular weight is 285 g/mol. The Balaban J connectivity index is 2.26. The Morgan fingerprint density at radius 1 is 1.14 bits per heavy atom. The number of nitro benzene ring substituents is 1. The molecule has 0 aliphatic rings. The number of nitrogens with zero attached hydrogens (tertiary/aromatic N) is 1. The molecule has 0 saturated heterocycles. The number of Topliss-reactive ketones (excluding diaryl/α,β-unsaturated/α-hetero) is 1. The normalized spacial score (nSPS) is 11.7. The van der Waals surface area contributed by atoms with Crippen molar-refractivity contribution in [1.82, 2.24) is 0 Å². The second-order valence-corrected chi connectivity index (χ2v) is 4.67. The van der Waals surface area contributed by atoms with Gasteiger partial charge in [-0.15, -0.1) is 0 Å². The minimum Gasteiger partial charge on any atom is -0.475 e. The Labute approximate surface area is 122 Å². The van der Waals surface area contributed by atoms with Gasteiger partial charge in [0.1, 0.15) is 0 Å². The number of nitro groups is 1. The van der Waals surface area contributed by atoms with Gasteiger partial charge < -0.3 is 4.74 Å². The number of carbonyl (C=O) groups is 1. The van der Waals surface area contributed by atoms with E-state index in [9.17, 15) is 14.9 Å². The Hall–Kier alpha value is -2.69. The first kappa shape index (κ1) is 14.7. The van der Waals surface area contributed by atoms with Crippen molar-refractivity contribution >= 4 is 11.5 Å². The smallest absolute Gasteiger partial charge is 0.311 e. The Bertz CT molecular complexity index is 667. The van der Waals surface area contributed by atoms with Crippen LogP contribution in [0.25, 0.3) is 0 Å². The second kappa shape index (κ2) is 6.17. The van der Waals surface area contributed by atoms with Crippen LogP contribution in [0.15, 0.2) is 48.5 Å². The molecule has 0 aliphatic carbocycles. The van der Waals surface area contributed by atoms with Crippen molar-refractivity contribution in [2.24, 2.45) is 0 Å². The van der Waals surface area contributed by atoms with E-state index < -0.39 is 11.0 Å². The number of rotatable bonds is 5. The fraction of sp³-hybridized carbons (Fsp3) is 0.188. The number of para-hydroxylation sites is 1. The largest absolute Gasteiger partial charge is 0.475 e. The van der Waals surface area contributed by atoms with E-state index >= 15 is 0 Å². The topological polar surface area (TPSA) is 69.4 Å². The van der Waals surface area contributed by atoms with E-state index in [1.54, 1.807) is 50.2 Å². The van der Waals surface area contributed by atoms with Crippen LogP contribution in [-0.2, 0) is 0 Å². The van der Waals surface area contributed by atoms with Crippen LogP contribution in [0.4, 0.5) is 5.69 Å². The molecule has 0 bridgehead atoms. The zero-order chi connectivity index (χ0) is 15.4. The summed E-state index contributed by atoms with van der Waals surface area (Å²) in [5.74, 6) is -0.0765. The predicted octanol–water partition coefficient (Wildman–Crippen LogP) is 3.55. The zero-order valence-electron chi connectivity index (χ0n) is 11.8. The second-order valence-electron chi connectivity index (χ2n) is 4.67. The lowest BCUT2D eigenvalue weighted by atomic mass is 10.1. The Kier molecular flexibility index (Phi) is 4.33. The van der Waals surface area contributed by atoms with Crippen molar-refractivity contribution in [2.45, 2.75) is 20.0 Å². The van der Waals surface area contributed by atoms with E-state index in [1.165, 1.54) is 6.07 Å². The molecule has 2 aromatic carbocycles. The maximum Gasteiger partial charge on any atom is 0.311 e. The highest BCUT2D eigenvalue weighted by atomic mass is 16.6. The molecule has 1 atom stereocenters. The van der Waals surface area contributed by atoms with Gasteiger partial charge in [0.15, 0.2) is 6.10 Å². The van der Waals surface area contributed by atoms with Gasteiger partial charge in [0.05, 0.1) is 4.92 Å². The van der Waals surface area contributed by atoms with Gasteiger partial charge in [-0.1, -0.05) is 42.5 Å². The van der Waals surface area contributed by atoms with E-state index in [0.29, 0.717) is 11.1 Å². The fourth-order valence-electron chi connectivity index (χ4n) is 2.00. The van der Waals surface area contributed by atoms with Gasteiger partial charge in [-0.2, -0.15) is 0 Å². The maximum atomic E-state index is 12.2. The van der Waals surface area contributed by atoms with Crippen molar-refractivity contribution in [3.8, 4) is 5.75 Å². The number of hydrogen-bond donors (Lipinski definition) is 0. The molecule has 0 N–H and O–H groups in total. The summed E-state index contributed by atoms with van der Waals surface area (Å²) in [6.07, 6.45) is -0.799. The third kappa shape index (κ3) is 3.25. The molecule has 1 unspecified atom stereocenters. The minimum atomic E-state index is -0.799. The van der Waals surface area contributed by atoms with Crippen LogP contribution in [0.2, 0.25) is 0 Å². The van der Waals surface area contributed by atoms with Crippen molar-refractivity contribution in [2.75, 3.05) is 0 Å². The molecule has 0 aliphatic heterocycles. The molecule has 0 radical (unpaired) electrons. The summed E-state index contributed by atoms with van der Waals surface area (Å²) in [5, 5.41) is 11.0. The molecular formula is C16H15NO4. The Morgan fingerprint density at radius 2 is 1.81 bits per heavy atom. The van der Waals surface area contributed by atoms with E-state index in [2.05, 4.69) is 0 Å². The molecule has 2 rings (SSSR count). The molecule has 5 heteroatoms. The standard InChI is InChI=1S/C16H15NO4/c1-11-7-6-10-14(17(19)20)16(11)21-12(2)15(18)13-8-4-3-5-9-13/h3-10,12H,1-2H3. The van der Waals surface area contributed by atoms with Gasteiger partial charge >= 0.3 is 5.69 Å². The third-order valence-electron chi connectivity index (χ3n) is 3.11. The summed E-state index contributed by atoms with van der Waals surface area (Å²) in [6, 6.07) is 13.4. The SMILES string of the molecule is Cc1cccc([N+](=O)[O-])c1OC(C)C(=O)c1ccccc1. The van der Waals surface area contributed by atoms with E-state index in [4.69, 9.17) is 4.74 Å². The van der Waals surface area contributed by atoms with Crippen molar-refractivity contribution in [3.05, 3.63) is 69.8 Å². The lowest BCUT2D eigenvalue weighted by Crippen LogP contribution is -2.24. The number of ketones is 1. The first-order valence-electron chi connectivity index (χ1n) is 6.50. The lowest BCUT2D eigenvalue weighted by Gasteiger charge is -2.15. The molecular weight excluding hydrogens is 270 g/mol. The molecule has 0 spiro atoms. The van der Waals surface area contributed by atoms with Crippen LogP contribution >= 0.6 is 0 Å². The van der Waals surface area contributed by atoms with Gasteiger partial charge in [-0.3, -0.25) is 14.9 Å². The number of carbonyl (C=O) groups excluding carboxylic acids is 1. The highest BCUT2D eigenvalue weighted by Crippen LogP contribution is 2.31. The molecule has 0 aromatic heterocycles. The summed E-state index contributed by atoms with van der Waals surface area (Å²) in [5.41, 5.74) is 1.00. The highest BCUT2D eigenvalue weighted by molar-refractivity contribution is 5.99. The average Bonchev–Trinajstić information content (AvgIpc) is 2.49. The van der Waals surface area contributed by atoms with Gasteiger partial charge in [-0.05, 0) is 19.4 Å². The predicted molar refractivity (Wildman–Crippen MR) is 78.7 cm³/mol. The van der Waals surface area contributed by atoms with Crippen LogP contribution < -0.4 is 4.74 Å². The van der Waals surface area contributed by atoms with Crippen LogP contribution in [0.3, 0.4) is 0 Å². The molecule has 2 aromatic rings. The fourth-order valence-corrected chi connectivity index (χ4v) is 2.00. The summed E-state index contributed by atoms with van der Waals surface area (Å²) in [6.45, 7) is 3.30. The molecule has 5 nitrogen and oxygen atoms in total. The quantitative estimate of drug-likeness (QED) is 0.478. The minimum absolute atomic E-state index is 0.136. The molecule has 0 amide bonds. The van der Waals surface area contributed by atoms with Gasteiger partial charge in [0, 0.05) is 11.6 Å². The monoisotopic (exact) mass is 285 g/mol. The lowest BCUT2D eigenvalue weighted by molar-refractivity contribution is -0.386. The maximum absolute atomic E-state index is 12.2. The molecule has 21 heavy (non-hydrogen) atoms. The summed E-state index contributed by atoms with van der Waals surface area (Å²) in [4.78, 5) is 22.8. The molecule has 108 valence electrons.